The van der Waals surface area contributed by atoms with E-state index in [0.717, 1.165) is 31.5 Å². The molecule has 1 aromatic rings. The van der Waals surface area contributed by atoms with Crippen LogP contribution in [0.15, 0.2) is 18.2 Å². The molecule has 0 spiro atoms. The van der Waals surface area contributed by atoms with E-state index in [1.807, 2.05) is 25.2 Å². The van der Waals surface area contributed by atoms with Crippen LogP contribution in [0, 0.1) is 5.92 Å². The van der Waals surface area contributed by atoms with Gasteiger partial charge in [0, 0.05) is 25.7 Å². The maximum absolute atomic E-state index is 12.5. The Balaban J connectivity index is 2.08. The van der Waals surface area contributed by atoms with Crippen LogP contribution in [0.2, 0.25) is 0 Å². The van der Waals surface area contributed by atoms with Crippen molar-refractivity contribution >= 4 is 5.91 Å². The van der Waals surface area contributed by atoms with Crippen molar-refractivity contribution in [3.05, 3.63) is 23.8 Å². The third kappa shape index (κ3) is 3.67. The Morgan fingerprint density at radius 2 is 2.19 bits per heavy atom. The first-order valence-electron chi connectivity index (χ1n) is 7.33. The van der Waals surface area contributed by atoms with E-state index in [4.69, 9.17) is 9.47 Å². The van der Waals surface area contributed by atoms with Crippen molar-refractivity contribution in [1.82, 2.24) is 10.2 Å². The Labute approximate surface area is 126 Å². The van der Waals surface area contributed by atoms with E-state index in [-0.39, 0.29) is 11.8 Å². The van der Waals surface area contributed by atoms with E-state index in [9.17, 15) is 4.79 Å². The standard InChI is InChI=1S/C16H24N2O3/c1-18(16(19)12-7-5-9-17-10-12)11-13-6-4-8-14(20-2)15(13)21-3/h4,6,8,12,17H,5,7,9-11H2,1-3H3/t12-/m1/s1. The molecule has 0 unspecified atom stereocenters. The summed E-state index contributed by atoms with van der Waals surface area (Å²) in [7, 11) is 5.08. The Morgan fingerprint density at radius 3 is 2.81 bits per heavy atom. The molecule has 0 radical (unpaired) electrons. The fourth-order valence-corrected chi connectivity index (χ4v) is 2.79. The van der Waals surface area contributed by atoms with E-state index >= 15 is 0 Å². The molecule has 1 heterocycles. The number of carbonyl (C=O) groups is 1. The molecule has 1 amide bonds. The summed E-state index contributed by atoms with van der Waals surface area (Å²) in [5.41, 5.74) is 0.955. The van der Waals surface area contributed by atoms with E-state index in [0.29, 0.717) is 18.0 Å². The fourth-order valence-electron chi connectivity index (χ4n) is 2.79. The topological polar surface area (TPSA) is 50.8 Å². The molecule has 1 fully saturated rings. The molecule has 21 heavy (non-hydrogen) atoms. The highest BCUT2D eigenvalue weighted by Crippen LogP contribution is 2.31. The summed E-state index contributed by atoms with van der Waals surface area (Å²) in [6.07, 6.45) is 2.03. The fraction of sp³-hybridized carbons (Fsp3) is 0.562. The van der Waals surface area contributed by atoms with Crippen LogP contribution < -0.4 is 14.8 Å². The SMILES string of the molecule is COc1cccc(CN(C)C(=O)[C@@H]2CCCNC2)c1OC. The van der Waals surface area contributed by atoms with Crippen molar-refractivity contribution in [3.8, 4) is 11.5 Å². The molecule has 1 aliphatic heterocycles. The van der Waals surface area contributed by atoms with Crippen molar-refractivity contribution in [2.45, 2.75) is 19.4 Å². The molecule has 0 aliphatic carbocycles. The summed E-state index contributed by atoms with van der Waals surface area (Å²) in [4.78, 5) is 14.2. The van der Waals surface area contributed by atoms with E-state index in [1.54, 1.807) is 19.1 Å². The van der Waals surface area contributed by atoms with Gasteiger partial charge in [0.05, 0.1) is 20.1 Å². The summed E-state index contributed by atoms with van der Waals surface area (Å²) in [5, 5.41) is 3.28. The van der Waals surface area contributed by atoms with Gasteiger partial charge in [0.2, 0.25) is 5.91 Å². The minimum Gasteiger partial charge on any atom is -0.493 e. The molecule has 5 nitrogen and oxygen atoms in total. The second kappa shape index (κ2) is 7.31. The van der Waals surface area contributed by atoms with Crippen molar-refractivity contribution in [2.75, 3.05) is 34.4 Å². The zero-order valence-electron chi connectivity index (χ0n) is 13.0. The number of carbonyl (C=O) groups excluding carboxylic acids is 1. The lowest BCUT2D eigenvalue weighted by atomic mass is 9.98. The van der Waals surface area contributed by atoms with Gasteiger partial charge in [0.25, 0.3) is 0 Å². The van der Waals surface area contributed by atoms with Crippen molar-refractivity contribution in [1.29, 1.82) is 0 Å². The number of ether oxygens (including phenoxy) is 2. The number of amides is 1. The van der Waals surface area contributed by atoms with Gasteiger partial charge in [-0.3, -0.25) is 4.79 Å². The van der Waals surface area contributed by atoms with Gasteiger partial charge in [-0.25, -0.2) is 0 Å². The molecule has 1 N–H and O–H groups in total. The lowest BCUT2D eigenvalue weighted by molar-refractivity contribution is -0.135. The van der Waals surface area contributed by atoms with Gasteiger partial charge in [-0.15, -0.1) is 0 Å². The second-order valence-corrected chi connectivity index (χ2v) is 5.39. The number of methoxy groups -OCH3 is 2. The van der Waals surface area contributed by atoms with E-state index in [1.165, 1.54) is 0 Å². The zero-order chi connectivity index (χ0) is 15.2. The Kier molecular flexibility index (Phi) is 5.44. The largest absolute Gasteiger partial charge is 0.493 e. The third-order valence-electron chi connectivity index (χ3n) is 3.91. The Bertz CT molecular complexity index is 484. The summed E-state index contributed by atoms with van der Waals surface area (Å²) < 4.78 is 10.7. The van der Waals surface area contributed by atoms with Crippen molar-refractivity contribution in [2.24, 2.45) is 5.92 Å². The van der Waals surface area contributed by atoms with Gasteiger partial charge < -0.3 is 19.7 Å². The van der Waals surface area contributed by atoms with Crippen molar-refractivity contribution in [3.63, 3.8) is 0 Å². The summed E-state index contributed by atoms with van der Waals surface area (Å²) in [6.45, 7) is 2.31. The molecular formula is C16H24N2O3. The highest BCUT2D eigenvalue weighted by molar-refractivity contribution is 5.79. The van der Waals surface area contributed by atoms with Gasteiger partial charge >= 0.3 is 0 Å². The van der Waals surface area contributed by atoms with Gasteiger partial charge in [-0.1, -0.05) is 12.1 Å². The molecule has 0 saturated carbocycles. The van der Waals surface area contributed by atoms with Crippen LogP contribution in [0.4, 0.5) is 0 Å². The van der Waals surface area contributed by atoms with Gasteiger partial charge in [-0.05, 0) is 25.5 Å². The second-order valence-electron chi connectivity index (χ2n) is 5.39. The number of hydrogen-bond donors (Lipinski definition) is 1. The highest BCUT2D eigenvalue weighted by atomic mass is 16.5. The van der Waals surface area contributed by atoms with Crippen LogP contribution >= 0.6 is 0 Å². The van der Waals surface area contributed by atoms with Gasteiger partial charge in [-0.2, -0.15) is 0 Å². The first-order chi connectivity index (χ1) is 10.2. The predicted octanol–water partition coefficient (Wildman–Crippen LogP) is 1.66. The number of rotatable bonds is 5. The molecule has 2 rings (SSSR count). The summed E-state index contributed by atoms with van der Waals surface area (Å²) >= 11 is 0. The van der Waals surface area contributed by atoms with Crippen molar-refractivity contribution < 1.29 is 14.3 Å². The van der Waals surface area contributed by atoms with Gasteiger partial charge in [0.1, 0.15) is 0 Å². The Hall–Kier alpha value is -1.75. The van der Waals surface area contributed by atoms with E-state index in [2.05, 4.69) is 5.32 Å². The maximum Gasteiger partial charge on any atom is 0.227 e. The van der Waals surface area contributed by atoms with Crippen LogP contribution in [0.1, 0.15) is 18.4 Å². The normalized spacial score (nSPS) is 18.1. The summed E-state index contributed by atoms with van der Waals surface area (Å²) in [5.74, 6) is 1.66. The molecule has 0 aromatic heterocycles. The smallest absolute Gasteiger partial charge is 0.227 e. The predicted molar refractivity (Wildman–Crippen MR) is 81.6 cm³/mol. The average Bonchev–Trinajstić information content (AvgIpc) is 2.54. The quantitative estimate of drug-likeness (QED) is 0.897. The highest BCUT2D eigenvalue weighted by Gasteiger charge is 2.24. The first kappa shape index (κ1) is 15.6. The molecule has 1 aliphatic rings. The summed E-state index contributed by atoms with van der Waals surface area (Å²) in [6, 6.07) is 5.73. The van der Waals surface area contributed by atoms with Crippen LogP contribution in [0.5, 0.6) is 11.5 Å². The monoisotopic (exact) mass is 292 g/mol. The number of hydrogen-bond acceptors (Lipinski definition) is 4. The number of para-hydroxylation sites is 1. The van der Waals surface area contributed by atoms with Crippen LogP contribution in [-0.2, 0) is 11.3 Å². The zero-order valence-corrected chi connectivity index (χ0v) is 13.0. The van der Waals surface area contributed by atoms with Crippen LogP contribution in [0.25, 0.3) is 0 Å². The molecule has 5 heteroatoms. The van der Waals surface area contributed by atoms with Gasteiger partial charge in [0.15, 0.2) is 11.5 Å². The van der Waals surface area contributed by atoms with Crippen LogP contribution in [0.3, 0.4) is 0 Å². The molecule has 1 atom stereocenters. The van der Waals surface area contributed by atoms with E-state index < -0.39 is 0 Å². The number of piperidine rings is 1. The number of nitrogens with one attached hydrogen (secondary N) is 1. The molecular weight excluding hydrogens is 268 g/mol. The first-order valence-corrected chi connectivity index (χ1v) is 7.33. The Morgan fingerprint density at radius 1 is 1.38 bits per heavy atom. The minimum atomic E-state index is 0.0837. The number of nitrogens with zero attached hydrogens (tertiary/aromatic N) is 1. The third-order valence-corrected chi connectivity index (χ3v) is 3.91. The number of benzene rings is 1. The minimum absolute atomic E-state index is 0.0837. The lowest BCUT2D eigenvalue weighted by Gasteiger charge is -2.27. The molecule has 116 valence electrons. The average molecular weight is 292 g/mol. The van der Waals surface area contributed by atoms with Crippen LogP contribution in [-0.4, -0.2) is 45.2 Å². The molecule has 0 bridgehead atoms. The molecule has 1 aromatic carbocycles. The molecule has 1 saturated heterocycles. The lowest BCUT2D eigenvalue weighted by Crippen LogP contribution is -2.41. The maximum atomic E-state index is 12.5.